The molecule has 1 heterocycles. The number of hydrogen-bond acceptors (Lipinski definition) is 3. The van der Waals surface area contributed by atoms with Crippen LogP contribution in [0.5, 0.6) is 5.75 Å². The lowest BCUT2D eigenvalue weighted by atomic mass is 10.1. The lowest BCUT2D eigenvalue weighted by Crippen LogP contribution is -2.27. The molecule has 2 aromatic rings. The highest BCUT2D eigenvalue weighted by atomic mass is 32.1. The molecule has 0 aliphatic carbocycles. The second kappa shape index (κ2) is 7.10. The standard InChI is InChI=1S/C16H19NO2S/c1-12-5-6-15(19-2)13(10-12)7-8-17-16(18)11-14-4-3-9-20-14/h3-6,9-10H,7-8,11H2,1-2H3,(H,17,18). The van der Waals surface area contributed by atoms with Gasteiger partial charge < -0.3 is 10.1 Å². The van der Waals surface area contributed by atoms with Crippen molar-refractivity contribution in [1.29, 1.82) is 0 Å². The molecule has 1 aromatic heterocycles. The van der Waals surface area contributed by atoms with Crippen LogP contribution in [0.3, 0.4) is 0 Å². The fraction of sp³-hybridized carbons (Fsp3) is 0.312. The number of thiophene rings is 1. The predicted octanol–water partition coefficient (Wildman–Crippen LogP) is 2.97. The predicted molar refractivity (Wildman–Crippen MR) is 82.5 cm³/mol. The lowest BCUT2D eigenvalue weighted by Gasteiger charge is -2.10. The minimum atomic E-state index is 0.0686. The van der Waals surface area contributed by atoms with E-state index in [1.807, 2.05) is 29.6 Å². The number of methoxy groups -OCH3 is 1. The van der Waals surface area contributed by atoms with Gasteiger partial charge in [0.15, 0.2) is 0 Å². The first-order valence-electron chi connectivity index (χ1n) is 6.61. The van der Waals surface area contributed by atoms with E-state index in [9.17, 15) is 4.79 Å². The number of carbonyl (C=O) groups is 1. The van der Waals surface area contributed by atoms with Gasteiger partial charge in [-0.3, -0.25) is 4.79 Å². The third-order valence-corrected chi connectivity index (χ3v) is 3.94. The molecule has 0 unspecified atom stereocenters. The summed E-state index contributed by atoms with van der Waals surface area (Å²) in [5.41, 5.74) is 2.33. The van der Waals surface area contributed by atoms with Gasteiger partial charge in [0.05, 0.1) is 13.5 Å². The zero-order valence-electron chi connectivity index (χ0n) is 11.8. The van der Waals surface area contributed by atoms with E-state index in [1.54, 1.807) is 18.4 Å². The van der Waals surface area contributed by atoms with Crippen LogP contribution in [0, 0.1) is 6.92 Å². The second-order valence-corrected chi connectivity index (χ2v) is 5.70. The highest BCUT2D eigenvalue weighted by molar-refractivity contribution is 7.10. The molecule has 2 rings (SSSR count). The van der Waals surface area contributed by atoms with Gasteiger partial charge in [0.1, 0.15) is 5.75 Å². The fourth-order valence-corrected chi connectivity index (χ4v) is 2.78. The van der Waals surface area contributed by atoms with E-state index in [0.717, 1.165) is 22.6 Å². The van der Waals surface area contributed by atoms with Crippen LogP contribution in [0.25, 0.3) is 0 Å². The highest BCUT2D eigenvalue weighted by Crippen LogP contribution is 2.19. The average molecular weight is 289 g/mol. The van der Waals surface area contributed by atoms with Crippen molar-refractivity contribution in [2.45, 2.75) is 19.8 Å². The molecule has 106 valence electrons. The van der Waals surface area contributed by atoms with Crippen LogP contribution in [0.4, 0.5) is 0 Å². The first-order valence-corrected chi connectivity index (χ1v) is 7.49. The molecule has 20 heavy (non-hydrogen) atoms. The molecule has 0 fully saturated rings. The van der Waals surface area contributed by atoms with Crippen LogP contribution in [-0.2, 0) is 17.6 Å². The van der Waals surface area contributed by atoms with Gasteiger partial charge in [0.25, 0.3) is 0 Å². The first kappa shape index (κ1) is 14.6. The van der Waals surface area contributed by atoms with E-state index in [-0.39, 0.29) is 5.91 Å². The third-order valence-electron chi connectivity index (χ3n) is 3.07. The molecule has 4 heteroatoms. The molecule has 1 amide bonds. The lowest BCUT2D eigenvalue weighted by molar-refractivity contribution is -0.120. The highest BCUT2D eigenvalue weighted by Gasteiger charge is 2.06. The molecule has 0 spiro atoms. The first-order chi connectivity index (χ1) is 9.69. The SMILES string of the molecule is COc1ccc(C)cc1CCNC(=O)Cc1cccs1. The largest absolute Gasteiger partial charge is 0.496 e. The molecule has 0 saturated carbocycles. The molecular formula is C16H19NO2S. The van der Waals surface area contributed by atoms with E-state index in [0.29, 0.717) is 13.0 Å². The minimum Gasteiger partial charge on any atom is -0.496 e. The zero-order chi connectivity index (χ0) is 14.4. The van der Waals surface area contributed by atoms with Gasteiger partial charge in [-0.05, 0) is 36.4 Å². The molecule has 3 nitrogen and oxygen atoms in total. The summed E-state index contributed by atoms with van der Waals surface area (Å²) >= 11 is 1.61. The van der Waals surface area contributed by atoms with E-state index in [2.05, 4.69) is 18.3 Å². The van der Waals surface area contributed by atoms with Crippen LogP contribution in [0.1, 0.15) is 16.0 Å². The summed E-state index contributed by atoms with van der Waals surface area (Å²) < 4.78 is 5.33. The molecule has 0 radical (unpaired) electrons. The second-order valence-electron chi connectivity index (χ2n) is 4.67. The van der Waals surface area contributed by atoms with Crippen molar-refractivity contribution in [2.24, 2.45) is 0 Å². The number of benzene rings is 1. The summed E-state index contributed by atoms with van der Waals surface area (Å²) in [6.45, 7) is 2.68. The molecule has 0 bridgehead atoms. The van der Waals surface area contributed by atoms with Crippen LogP contribution >= 0.6 is 11.3 Å². The zero-order valence-corrected chi connectivity index (χ0v) is 12.6. The van der Waals surface area contributed by atoms with Gasteiger partial charge in [-0.15, -0.1) is 11.3 Å². The van der Waals surface area contributed by atoms with Crippen molar-refractivity contribution >= 4 is 17.2 Å². The number of aryl methyl sites for hydroxylation is 1. The van der Waals surface area contributed by atoms with Crippen LogP contribution < -0.4 is 10.1 Å². The Labute approximate surface area is 123 Å². The van der Waals surface area contributed by atoms with Crippen LogP contribution in [-0.4, -0.2) is 19.6 Å². The summed E-state index contributed by atoms with van der Waals surface area (Å²) in [6, 6.07) is 10.0. The van der Waals surface area contributed by atoms with Gasteiger partial charge in [0.2, 0.25) is 5.91 Å². The van der Waals surface area contributed by atoms with Crippen molar-refractivity contribution in [3.63, 3.8) is 0 Å². The van der Waals surface area contributed by atoms with Crippen LogP contribution in [0.2, 0.25) is 0 Å². The number of rotatable bonds is 6. The Morgan fingerprint density at radius 1 is 1.35 bits per heavy atom. The number of carbonyl (C=O) groups excluding carboxylic acids is 1. The Bertz CT molecular complexity index is 564. The normalized spacial score (nSPS) is 10.3. The van der Waals surface area contributed by atoms with E-state index in [4.69, 9.17) is 4.74 Å². The summed E-state index contributed by atoms with van der Waals surface area (Å²) in [6.07, 6.45) is 1.24. The van der Waals surface area contributed by atoms with E-state index in [1.165, 1.54) is 5.56 Å². The summed E-state index contributed by atoms with van der Waals surface area (Å²) in [5.74, 6) is 0.946. The number of nitrogens with one attached hydrogen (secondary N) is 1. The van der Waals surface area contributed by atoms with Gasteiger partial charge >= 0.3 is 0 Å². The van der Waals surface area contributed by atoms with Crippen molar-refractivity contribution in [1.82, 2.24) is 5.32 Å². The molecule has 0 atom stereocenters. The van der Waals surface area contributed by atoms with Crippen LogP contribution in [0.15, 0.2) is 35.7 Å². The molecule has 1 N–H and O–H groups in total. The fourth-order valence-electron chi connectivity index (χ4n) is 2.07. The Balaban J connectivity index is 1.83. The number of hydrogen-bond donors (Lipinski definition) is 1. The quantitative estimate of drug-likeness (QED) is 0.888. The minimum absolute atomic E-state index is 0.0686. The van der Waals surface area contributed by atoms with Crippen molar-refractivity contribution < 1.29 is 9.53 Å². The summed E-state index contributed by atoms with van der Waals surface area (Å²) in [7, 11) is 1.67. The molecule has 0 saturated heterocycles. The molecule has 0 aliphatic rings. The Morgan fingerprint density at radius 3 is 2.90 bits per heavy atom. The molecule has 1 aromatic carbocycles. The maximum atomic E-state index is 11.8. The summed E-state index contributed by atoms with van der Waals surface area (Å²) in [5, 5.41) is 4.94. The van der Waals surface area contributed by atoms with Crippen molar-refractivity contribution in [3.8, 4) is 5.75 Å². The Morgan fingerprint density at radius 2 is 2.20 bits per heavy atom. The van der Waals surface area contributed by atoms with Gasteiger partial charge in [-0.2, -0.15) is 0 Å². The summed E-state index contributed by atoms with van der Waals surface area (Å²) in [4.78, 5) is 12.9. The Kier molecular flexibility index (Phi) is 5.18. The Hall–Kier alpha value is -1.81. The van der Waals surface area contributed by atoms with Gasteiger partial charge in [0, 0.05) is 11.4 Å². The maximum absolute atomic E-state index is 11.8. The maximum Gasteiger partial charge on any atom is 0.225 e. The number of ether oxygens (including phenoxy) is 1. The van der Waals surface area contributed by atoms with E-state index >= 15 is 0 Å². The number of amides is 1. The van der Waals surface area contributed by atoms with E-state index < -0.39 is 0 Å². The molecular weight excluding hydrogens is 270 g/mol. The van der Waals surface area contributed by atoms with Crippen molar-refractivity contribution in [3.05, 3.63) is 51.7 Å². The molecule has 0 aliphatic heterocycles. The smallest absolute Gasteiger partial charge is 0.225 e. The third kappa shape index (κ3) is 4.10. The van der Waals surface area contributed by atoms with Gasteiger partial charge in [-0.1, -0.05) is 23.8 Å². The topological polar surface area (TPSA) is 38.3 Å². The van der Waals surface area contributed by atoms with Gasteiger partial charge in [-0.25, -0.2) is 0 Å². The van der Waals surface area contributed by atoms with Crippen molar-refractivity contribution in [2.75, 3.05) is 13.7 Å². The average Bonchev–Trinajstić information content (AvgIpc) is 2.92. The monoisotopic (exact) mass is 289 g/mol.